The van der Waals surface area contributed by atoms with E-state index in [0.717, 1.165) is 25.8 Å². The van der Waals surface area contributed by atoms with Crippen LogP contribution in [0.2, 0.25) is 0 Å². The molecule has 1 aromatic heterocycles. The Hall–Kier alpha value is -1.10. The summed E-state index contributed by atoms with van der Waals surface area (Å²) >= 11 is 0. The summed E-state index contributed by atoms with van der Waals surface area (Å²) < 4.78 is 3.02. The molecule has 1 unspecified atom stereocenters. The average molecular weight is 226 g/mol. The summed E-state index contributed by atoms with van der Waals surface area (Å²) in [5, 5.41) is 7.45. The van der Waals surface area contributed by atoms with Gasteiger partial charge in [-0.3, -0.25) is 4.57 Å². The molecule has 0 fully saturated rings. The van der Waals surface area contributed by atoms with Gasteiger partial charge in [0.2, 0.25) is 0 Å². The van der Waals surface area contributed by atoms with Crippen LogP contribution in [0.3, 0.4) is 0 Å². The molecule has 0 aliphatic carbocycles. The van der Waals surface area contributed by atoms with Gasteiger partial charge in [-0.05, 0) is 32.7 Å². The van der Waals surface area contributed by atoms with E-state index in [1.807, 2.05) is 0 Å². The van der Waals surface area contributed by atoms with Crippen molar-refractivity contribution in [3.63, 3.8) is 0 Å². The van der Waals surface area contributed by atoms with Crippen LogP contribution < -0.4 is 11.0 Å². The molecular formula is C11H22N4O. The lowest BCUT2D eigenvalue weighted by Crippen LogP contribution is -2.28. The molecule has 16 heavy (non-hydrogen) atoms. The first-order valence-electron chi connectivity index (χ1n) is 5.97. The van der Waals surface area contributed by atoms with Crippen LogP contribution in [0.25, 0.3) is 0 Å². The fraction of sp³-hybridized carbons (Fsp3) is 0.818. The number of nitrogens with zero attached hydrogens (tertiary/aromatic N) is 3. The number of nitrogens with one attached hydrogen (secondary N) is 1. The van der Waals surface area contributed by atoms with Crippen LogP contribution in [0.1, 0.15) is 33.1 Å². The lowest BCUT2D eigenvalue weighted by molar-refractivity contribution is 0.457. The lowest BCUT2D eigenvalue weighted by Gasteiger charge is -2.12. The zero-order valence-corrected chi connectivity index (χ0v) is 10.4. The first kappa shape index (κ1) is 13.0. The van der Waals surface area contributed by atoms with Crippen molar-refractivity contribution in [3.8, 4) is 0 Å². The highest BCUT2D eigenvalue weighted by Gasteiger charge is 2.03. The van der Waals surface area contributed by atoms with Crippen molar-refractivity contribution in [1.29, 1.82) is 0 Å². The summed E-state index contributed by atoms with van der Waals surface area (Å²) in [6.45, 7) is 6.10. The molecule has 0 radical (unpaired) electrons. The molecule has 0 spiro atoms. The summed E-state index contributed by atoms with van der Waals surface area (Å²) in [6.07, 6.45) is 4.77. The number of rotatable bonds is 7. The predicted octanol–water partition coefficient (Wildman–Crippen LogP) is 0.750. The van der Waals surface area contributed by atoms with E-state index in [1.54, 1.807) is 13.4 Å². The minimum atomic E-state index is -0.0332. The van der Waals surface area contributed by atoms with Gasteiger partial charge in [0.15, 0.2) is 0 Å². The molecule has 0 amide bonds. The van der Waals surface area contributed by atoms with E-state index < -0.39 is 0 Å². The van der Waals surface area contributed by atoms with Gasteiger partial charge in [-0.25, -0.2) is 9.48 Å². The Morgan fingerprint density at radius 1 is 1.56 bits per heavy atom. The van der Waals surface area contributed by atoms with Gasteiger partial charge < -0.3 is 5.32 Å². The van der Waals surface area contributed by atoms with Crippen molar-refractivity contribution >= 4 is 0 Å². The maximum atomic E-state index is 11.5. The Labute approximate surface area is 96.5 Å². The Bertz CT molecular complexity index is 355. The molecule has 1 aromatic rings. The molecule has 1 atom stereocenters. The molecule has 1 N–H and O–H groups in total. The van der Waals surface area contributed by atoms with Crippen LogP contribution in [0, 0.1) is 0 Å². The molecule has 0 aliphatic heterocycles. The van der Waals surface area contributed by atoms with Crippen molar-refractivity contribution in [1.82, 2.24) is 19.7 Å². The second kappa shape index (κ2) is 6.48. The van der Waals surface area contributed by atoms with Gasteiger partial charge in [0.05, 0.1) is 0 Å². The molecule has 1 heterocycles. The summed E-state index contributed by atoms with van der Waals surface area (Å²) in [5.74, 6) is 0. The monoisotopic (exact) mass is 226 g/mol. The maximum absolute atomic E-state index is 11.5. The zero-order valence-electron chi connectivity index (χ0n) is 10.4. The van der Waals surface area contributed by atoms with Gasteiger partial charge >= 0.3 is 5.69 Å². The summed E-state index contributed by atoms with van der Waals surface area (Å²) in [5.41, 5.74) is -0.0332. The molecule has 0 saturated heterocycles. The van der Waals surface area contributed by atoms with E-state index in [0.29, 0.717) is 12.6 Å². The van der Waals surface area contributed by atoms with E-state index in [1.165, 1.54) is 9.25 Å². The number of aromatic nitrogens is 3. The molecule has 0 bridgehead atoms. The first-order chi connectivity index (χ1) is 7.65. The van der Waals surface area contributed by atoms with Crippen LogP contribution in [0.4, 0.5) is 0 Å². The Balaban J connectivity index is 2.25. The smallest absolute Gasteiger partial charge is 0.314 e. The third-order valence-electron chi connectivity index (χ3n) is 2.64. The number of hydrogen-bond acceptors (Lipinski definition) is 3. The summed E-state index contributed by atoms with van der Waals surface area (Å²) in [6, 6.07) is 0.513. The largest absolute Gasteiger partial charge is 0.345 e. The van der Waals surface area contributed by atoms with E-state index in [-0.39, 0.29) is 5.69 Å². The number of hydrogen-bond donors (Lipinski definition) is 1. The summed E-state index contributed by atoms with van der Waals surface area (Å²) in [7, 11) is 1.72. The topological polar surface area (TPSA) is 51.9 Å². The van der Waals surface area contributed by atoms with Gasteiger partial charge in [0, 0.05) is 19.6 Å². The van der Waals surface area contributed by atoms with Gasteiger partial charge in [0.25, 0.3) is 0 Å². The summed E-state index contributed by atoms with van der Waals surface area (Å²) in [4.78, 5) is 11.5. The highest BCUT2D eigenvalue weighted by Crippen LogP contribution is 1.97. The maximum Gasteiger partial charge on any atom is 0.345 e. The van der Waals surface area contributed by atoms with Crippen molar-refractivity contribution in [3.05, 3.63) is 16.8 Å². The van der Waals surface area contributed by atoms with Gasteiger partial charge in [-0.15, -0.1) is 0 Å². The van der Waals surface area contributed by atoms with E-state index in [2.05, 4.69) is 24.3 Å². The standard InChI is InChI=1S/C11H22N4O/c1-4-7-12-10(2)6-5-8-15-11(16)14(3)9-13-15/h9-10,12H,4-8H2,1-3H3. The SMILES string of the molecule is CCCNC(C)CCCn1ncn(C)c1=O. The first-order valence-corrected chi connectivity index (χ1v) is 5.97. The van der Waals surface area contributed by atoms with E-state index >= 15 is 0 Å². The van der Waals surface area contributed by atoms with Crippen LogP contribution in [0.5, 0.6) is 0 Å². The predicted molar refractivity (Wildman–Crippen MR) is 64.5 cm³/mol. The van der Waals surface area contributed by atoms with Crippen molar-refractivity contribution < 1.29 is 0 Å². The molecular weight excluding hydrogens is 204 g/mol. The lowest BCUT2D eigenvalue weighted by atomic mass is 10.2. The molecule has 1 rings (SSSR count). The Morgan fingerprint density at radius 2 is 2.31 bits per heavy atom. The average Bonchev–Trinajstić information content (AvgIpc) is 2.58. The van der Waals surface area contributed by atoms with Crippen LogP contribution in [-0.2, 0) is 13.6 Å². The second-order valence-electron chi connectivity index (χ2n) is 4.24. The second-order valence-corrected chi connectivity index (χ2v) is 4.24. The third kappa shape index (κ3) is 3.81. The molecule has 5 nitrogen and oxygen atoms in total. The van der Waals surface area contributed by atoms with Gasteiger partial charge in [-0.2, -0.15) is 5.10 Å². The number of aryl methyl sites for hydroxylation is 2. The quantitative estimate of drug-likeness (QED) is 0.746. The minimum absolute atomic E-state index is 0.0332. The highest BCUT2D eigenvalue weighted by atomic mass is 16.2. The minimum Gasteiger partial charge on any atom is -0.314 e. The van der Waals surface area contributed by atoms with Gasteiger partial charge in [0.1, 0.15) is 6.33 Å². The van der Waals surface area contributed by atoms with E-state index in [9.17, 15) is 4.79 Å². The van der Waals surface area contributed by atoms with Crippen molar-refractivity contribution in [2.45, 2.75) is 45.7 Å². The molecule has 0 saturated carbocycles. The fourth-order valence-electron chi connectivity index (χ4n) is 1.61. The van der Waals surface area contributed by atoms with Crippen LogP contribution in [-0.4, -0.2) is 26.9 Å². The van der Waals surface area contributed by atoms with Crippen molar-refractivity contribution in [2.24, 2.45) is 7.05 Å². The Kier molecular flexibility index (Phi) is 5.25. The molecule has 0 aromatic carbocycles. The normalized spacial score (nSPS) is 12.9. The van der Waals surface area contributed by atoms with Gasteiger partial charge in [-0.1, -0.05) is 6.92 Å². The fourth-order valence-corrected chi connectivity index (χ4v) is 1.61. The Morgan fingerprint density at radius 3 is 2.88 bits per heavy atom. The highest BCUT2D eigenvalue weighted by molar-refractivity contribution is 4.66. The third-order valence-corrected chi connectivity index (χ3v) is 2.64. The molecule has 92 valence electrons. The van der Waals surface area contributed by atoms with Crippen LogP contribution in [0.15, 0.2) is 11.1 Å². The van der Waals surface area contributed by atoms with Crippen LogP contribution >= 0.6 is 0 Å². The van der Waals surface area contributed by atoms with Crippen molar-refractivity contribution in [2.75, 3.05) is 6.54 Å². The van der Waals surface area contributed by atoms with E-state index in [4.69, 9.17) is 0 Å². The zero-order chi connectivity index (χ0) is 12.0. The molecule has 5 heteroatoms. The molecule has 0 aliphatic rings.